The van der Waals surface area contributed by atoms with Crippen LogP contribution in [0, 0.1) is 0 Å². The molecule has 1 aromatic carbocycles. The van der Waals surface area contributed by atoms with Crippen molar-refractivity contribution in [1.82, 2.24) is 14.7 Å². The summed E-state index contributed by atoms with van der Waals surface area (Å²) in [5, 5.41) is 4.21. The Kier molecular flexibility index (Phi) is 3.71. The fraction of sp³-hybridized carbons (Fsp3) is 0.400. The molecule has 106 valence electrons. The number of nitrogen functional groups attached to an aromatic ring is 1. The van der Waals surface area contributed by atoms with Crippen molar-refractivity contribution < 1.29 is 4.74 Å². The number of nitrogens with two attached hydrogens (primary N) is 1. The van der Waals surface area contributed by atoms with Crippen LogP contribution in [-0.4, -0.2) is 34.4 Å². The highest BCUT2D eigenvalue weighted by molar-refractivity contribution is 5.40. The van der Waals surface area contributed by atoms with E-state index in [1.54, 1.807) is 0 Å². The van der Waals surface area contributed by atoms with Gasteiger partial charge in [-0.25, -0.2) is 0 Å². The van der Waals surface area contributed by atoms with Crippen molar-refractivity contribution in [3.8, 4) is 0 Å². The normalized spacial score (nSPS) is 20.1. The molecule has 2 aromatic rings. The number of anilines is 1. The van der Waals surface area contributed by atoms with Crippen LogP contribution in [0.25, 0.3) is 0 Å². The molecule has 3 rings (SSSR count). The lowest BCUT2D eigenvalue weighted by Gasteiger charge is -2.32. The van der Waals surface area contributed by atoms with Gasteiger partial charge in [0.25, 0.3) is 0 Å². The van der Waals surface area contributed by atoms with E-state index < -0.39 is 0 Å². The molecule has 1 unspecified atom stereocenters. The first-order valence-electron chi connectivity index (χ1n) is 6.87. The van der Waals surface area contributed by atoms with E-state index in [9.17, 15) is 0 Å². The van der Waals surface area contributed by atoms with Gasteiger partial charge < -0.3 is 10.5 Å². The summed E-state index contributed by atoms with van der Waals surface area (Å²) in [4.78, 5) is 2.40. The standard InChI is InChI=1S/C15H20N4O/c1-18-10-13(8-17-18)15-11-19(5-6-20-15)9-12-3-2-4-14(16)7-12/h2-4,7-8,10,15H,5-6,9,11,16H2,1H3. The molecule has 2 N–H and O–H groups in total. The molecule has 1 saturated heterocycles. The molecule has 5 nitrogen and oxygen atoms in total. The smallest absolute Gasteiger partial charge is 0.0982 e. The van der Waals surface area contributed by atoms with Gasteiger partial charge in [0, 0.05) is 44.1 Å². The second kappa shape index (κ2) is 5.64. The monoisotopic (exact) mass is 272 g/mol. The summed E-state index contributed by atoms with van der Waals surface area (Å²) >= 11 is 0. The quantitative estimate of drug-likeness (QED) is 0.862. The summed E-state index contributed by atoms with van der Waals surface area (Å²) in [5.74, 6) is 0. The second-order valence-electron chi connectivity index (χ2n) is 5.29. The van der Waals surface area contributed by atoms with Crippen molar-refractivity contribution in [2.24, 2.45) is 7.05 Å². The summed E-state index contributed by atoms with van der Waals surface area (Å²) in [7, 11) is 1.93. The predicted molar refractivity (Wildman–Crippen MR) is 78.0 cm³/mol. The molecule has 2 heterocycles. The van der Waals surface area contributed by atoms with E-state index in [0.717, 1.165) is 37.5 Å². The Balaban J connectivity index is 1.66. The summed E-state index contributed by atoms with van der Waals surface area (Å²) in [6, 6.07) is 8.07. The van der Waals surface area contributed by atoms with Gasteiger partial charge in [0.15, 0.2) is 0 Å². The highest BCUT2D eigenvalue weighted by Crippen LogP contribution is 2.23. The maximum atomic E-state index is 5.85. The molecule has 1 atom stereocenters. The molecule has 0 radical (unpaired) electrons. The van der Waals surface area contributed by atoms with E-state index in [-0.39, 0.29) is 6.10 Å². The highest BCUT2D eigenvalue weighted by Gasteiger charge is 2.22. The number of nitrogens with zero attached hydrogens (tertiary/aromatic N) is 3. The fourth-order valence-corrected chi connectivity index (χ4v) is 2.60. The Morgan fingerprint density at radius 1 is 1.45 bits per heavy atom. The Hall–Kier alpha value is -1.85. The van der Waals surface area contributed by atoms with Gasteiger partial charge in [-0.15, -0.1) is 0 Å². The maximum absolute atomic E-state index is 5.85. The third-order valence-corrected chi connectivity index (χ3v) is 3.60. The van der Waals surface area contributed by atoms with E-state index in [1.807, 2.05) is 42.3 Å². The number of hydrogen-bond acceptors (Lipinski definition) is 4. The van der Waals surface area contributed by atoms with Crippen molar-refractivity contribution in [2.75, 3.05) is 25.4 Å². The van der Waals surface area contributed by atoms with Gasteiger partial charge in [0.05, 0.1) is 18.9 Å². The van der Waals surface area contributed by atoms with Gasteiger partial charge in [-0.1, -0.05) is 12.1 Å². The zero-order chi connectivity index (χ0) is 13.9. The minimum absolute atomic E-state index is 0.110. The summed E-state index contributed by atoms with van der Waals surface area (Å²) in [6.07, 6.45) is 4.02. The van der Waals surface area contributed by atoms with Crippen molar-refractivity contribution >= 4 is 5.69 Å². The van der Waals surface area contributed by atoms with Gasteiger partial charge >= 0.3 is 0 Å². The average Bonchev–Trinajstić information content (AvgIpc) is 2.86. The summed E-state index contributed by atoms with van der Waals surface area (Å²) < 4.78 is 7.66. The zero-order valence-electron chi connectivity index (χ0n) is 11.7. The molecular formula is C15H20N4O. The minimum Gasteiger partial charge on any atom is -0.399 e. The molecule has 20 heavy (non-hydrogen) atoms. The largest absolute Gasteiger partial charge is 0.399 e. The molecule has 0 aliphatic carbocycles. The molecule has 1 aromatic heterocycles. The van der Waals surface area contributed by atoms with E-state index >= 15 is 0 Å². The predicted octanol–water partition coefficient (Wildman–Crippen LogP) is 1.58. The van der Waals surface area contributed by atoms with Crippen LogP contribution in [0.3, 0.4) is 0 Å². The Labute approximate surface area is 118 Å². The first-order valence-corrected chi connectivity index (χ1v) is 6.87. The topological polar surface area (TPSA) is 56.3 Å². The van der Waals surface area contributed by atoms with E-state index in [1.165, 1.54) is 5.56 Å². The third kappa shape index (κ3) is 3.00. The number of morpholine rings is 1. The molecule has 1 aliphatic heterocycles. The average molecular weight is 272 g/mol. The number of ether oxygens (including phenoxy) is 1. The van der Waals surface area contributed by atoms with E-state index in [2.05, 4.69) is 16.1 Å². The van der Waals surface area contributed by atoms with Crippen LogP contribution in [0.5, 0.6) is 0 Å². The Morgan fingerprint density at radius 3 is 3.10 bits per heavy atom. The third-order valence-electron chi connectivity index (χ3n) is 3.60. The number of aromatic nitrogens is 2. The van der Waals surface area contributed by atoms with Crippen molar-refractivity contribution in [3.05, 3.63) is 47.8 Å². The lowest BCUT2D eigenvalue weighted by Crippen LogP contribution is -2.37. The lowest BCUT2D eigenvalue weighted by atomic mass is 10.1. The summed E-state index contributed by atoms with van der Waals surface area (Å²) in [6.45, 7) is 3.50. The first kappa shape index (κ1) is 13.1. The Morgan fingerprint density at radius 2 is 2.35 bits per heavy atom. The fourth-order valence-electron chi connectivity index (χ4n) is 2.60. The lowest BCUT2D eigenvalue weighted by molar-refractivity contribution is -0.0329. The SMILES string of the molecule is Cn1cc(C2CN(Cc3cccc(N)c3)CCO2)cn1. The van der Waals surface area contributed by atoms with Crippen molar-refractivity contribution in [1.29, 1.82) is 0 Å². The number of benzene rings is 1. The van der Waals surface area contributed by atoms with E-state index in [0.29, 0.717) is 0 Å². The van der Waals surface area contributed by atoms with E-state index in [4.69, 9.17) is 10.5 Å². The molecule has 0 saturated carbocycles. The number of rotatable bonds is 3. The van der Waals surface area contributed by atoms with Crippen LogP contribution in [0.4, 0.5) is 5.69 Å². The molecule has 0 spiro atoms. The molecule has 0 amide bonds. The second-order valence-corrected chi connectivity index (χ2v) is 5.29. The number of aryl methyl sites for hydroxylation is 1. The van der Waals surface area contributed by atoms with Crippen molar-refractivity contribution in [2.45, 2.75) is 12.6 Å². The van der Waals surface area contributed by atoms with Crippen LogP contribution in [0.15, 0.2) is 36.7 Å². The van der Waals surface area contributed by atoms with Gasteiger partial charge in [0.1, 0.15) is 0 Å². The van der Waals surface area contributed by atoms with Crippen LogP contribution in [-0.2, 0) is 18.3 Å². The van der Waals surface area contributed by atoms with Crippen LogP contribution in [0.1, 0.15) is 17.2 Å². The van der Waals surface area contributed by atoms with Crippen LogP contribution >= 0.6 is 0 Å². The molecule has 5 heteroatoms. The maximum Gasteiger partial charge on any atom is 0.0982 e. The molecule has 0 bridgehead atoms. The molecule has 1 fully saturated rings. The van der Waals surface area contributed by atoms with Crippen LogP contribution in [0.2, 0.25) is 0 Å². The molecular weight excluding hydrogens is 252 g/mol. The highest BCUT2D eigenvalue weighted by atomic mass is 16.5. The van der Waals surface area contributed by atoms with Gasteiger partial charge in [-0.3, -0.25) is 9.58 Å². The van der Waals surface area contributed by atoms with Gasteiger partial charge in [0.2, 0.25) is 0 Å². The first-order chi connectivity index (χ1) is 9.70. The minimum atomic E-state index is 0.110. The summed E-state index contributed by atoms with van der Waals surface area (Å²) in [5.41, 5.74) is 9.04. The Bertz CT molecular complexity index is 581. The zero-order valence-corrected chi connectivity index (χ0v) is 11.7. The number of hydrogen-bond donors (Lipinski definition) is 1. The van der Waals surface area contributed by atoms with Crippen LogP contribution < -0.4 is 5.73 Å². The van der Waals surface area contributed by atoms with Gasteiger partial charge in [-0.2, -0.15) is 5.10 Å². The molecule has 1 aliphatic rings. The van der Waals surface area contributed by atoms with Crippen molar-refractivity contribution in [3.63, 3.8) is 0 Å². The van der Waals surface area contributed by atoms with Gasteiger partial charge in [-0.05, 0) is 17.7 Å².